The molecular formula is C15H23ClN2O4. The van der Waals surface area contributed by atoms with Crippen molar-refractivity contribution in [3.63, 3.8) is 0 Å². The van der Waals surface area contributed by atoms with E-state index in [-0.39, 0.29) is 19.0 Å². The summed E-state index contributed by atoms with van der Waals surface area (Å²) in [5.74, 6) is -0.412. The van der Waals surface area contributed by atoms with Gasteiger partial charge < -0.3 is 20.5 Å². The third kappa shape index (κ3) is 8.49. The van der Waals surface area contributed by atoms with Gasteiger partial charge in [-0.3, -0.25) is 4.79 Å². The second kappa shape index (κ2) is 11.8. The summed E-state index contributed by atoms with van der Waals surface area (Å²) in [6, 6.07) is 8.87. The zero-order chi connectivity index (χ0) is 15.5. The first-order valence-corrected chi connectivity index (χ1v) is 6.91. The summed E-state index contributed by atoms with van der Waals surface area (Å²) in [6.07, 6.45) is 1.55. The second-order valence-corrected chi connectivity index (χ2v) is 4.61. The summed E-state index contributed by atoms with van der Waals surface area (Å²) in [4.78, 5) is 22.5. The molecule has 124 valence electrons. The van der Waals surface area contributed by atoms with Crippen molar-refractivity contribution in [3.8, 4) is 0 Å². The van der Waals surface area contributed by atoms with E-state index in [1.807, 2.05) is 30.3 Å². The fraction of sp³-hybridized carbons (Fsp3) is 0.467. The van der Waals surface area contributed by atoms with Crippen LogP contribution in [0.4, 0.5) is 4.79 Å². The number of nitrogens with one attached hydrogen (secondary N) is 1. The normalized spacial score (nSPS) is 11.0. The molecule has 1 rings (SSSR count). The number of unbranched alkanes of at least 4 members (excludes halogenated alkanes) is 1. The molecular weight excluding hydrogens is 308 g/mol. The maximum atomic E-state index is 11.4. The van der Waals surface area contributed by atoms with E-state index in [0.717, 1.165) is 18.4 Å². The van der Waals surface area contributed by atoms with Gasteiger partial charge in [0.15, 0.2) is 0 Å². The number of hydrogen-bond acceptors (Lipinski definition) is 5. The van der Waals surface area contributed by atoms with Crippen LogP contribution in [0.2, 0.25) is 0 Å². The van der Waals surface area contributed by atoms with Crippen molar-refractivity contribution in [1.29, 1.82) is 0 Å². The predicted molar refractivity (Wildman–Crippen MR) is 85.7 cm³/mol. The molecule has 0 heterocycles. The molecule has 1 amide bonds. The number of methoxy groups -OCH3 is 1. The number of carbonyl (C=O) groups excluding carboxylic acids is 2. The van der Waals surface area contributed by atoms with Crippen molar-refractivity contribution in [3.05, 3.63) is 35.9 Å². The Labute approximate surface area is 136 Å². The highest BCUT2D eigenvalue weighted by molar-refractivity contribution is 5.85. The lowest BCUT2D eigenvalue weighted by molar-refractivity contribution is -0.142. The van der Waals surface area contributed by atoms with Crippen LogP contribution in [0.5, 0.6) is 0 Å². The number of halogens is 1. The minimum atomic E-state index is -0.597. The standard InChI is InChI=1S/C15H22N2O4.ClH/c1-20-14(18)13(16)9-5-6-10-17-15(19)21-11-12-7-3-2-4-8-12;/h2-4,7-8,13H,5-6,9-11,16H2,1H3,(H,17,19);1H/t13-;/m1./s1. The maximum Gasteiger partial charge on any atom is 0.407 e. The van der Waals surface area contributed by atoms with Gasteiger partial charge in [0.1, 0.15) is 12.6 Å². The molecule has 0 radical (unpaired) electrons. The minimum absolute atomic E-state index is 0. The van der Waals surface area contributed by atoms with Gasteiger partial charge in [-0.25, -0.2) is 4.79 Å². The molecule has 6 nitrogen and oxygen atoms in total. The maximum absolute atomic E-state index is 11.4. The lowest BCUT2D eigenvalue weighted by Crippen LogP contribution is -2.31. The van der Waals surface area contributed by atoms with Gasteiger partial charge in [-0.05, 0) is 24.8 Å². The number of alkyl carbamates (subject to hydrolysis) is 1. The van der Waals surface area contributed by atoms with E-state index in [1.165, 1.54) is 7.11 Å². The van der Waals surface area contributed by atoms with Crippen LogP contribution < -0.4 is 11.1 Å². The number of benzene rings is 1. The van der Waals surface area contributed by atoms with Crippen molar-refractivity contribution < 1.29 is 19.1 Å². The Hall–Kier alpha value is -1.79. The average molecular weight is 331 g/mol. The van der Waals surface area contributed by atoms with Crippen molar-refractivity contribution in [2.75, 3.05) is 13.7 Å². The molecule has 3 N–H and O–H groups in total. The number of hydrogen-bond donors (Lipinski definition) is 2. The van der Waals surface area contributed by atoms with Gasteiger partial charge in [-0.2, -0.15) is 0 Å². The van der Waals surface area contributed by atoms with Crippen molar-refractivity contribution in [2.24, 2.45) is 5.73 Å². The molecule has 1 atom stereocenters. The monoisotopic (exact) mass is 330 g/mol. The van der Waals surface area contributed by atoms with Crippen LogP contribution >= 0.6 is 12.4 Å². The molecule has 0 bridgehead atoms. The predicted octanol–water partition coefficient (Wildman–Crippen LogP) is 2.01. The molecule has 0 aliphatic rings. The van der Waals surface area contributed by atoms with Gasteiger partial charge in [0, 0.05) is 6.54 Å². The highest BCUT2D eigenvalue weighted by atomic mass is 35.5. The number of rotatable bonds is 8. The van der Waals surface area contributed by atoms with Crippen molar-refractivity contribution in [1.82, 2.24) is 5.32 Å². The van der Waals surface area contributed by atoms with Gasteiger partial charge in [-0.15, -0.1) is 12.4 Å². The quantitative estimate of drug-likeness (QED) is 0.562. The van der Waals surface area contributed by atoms with E-state index in [2.05, 4.69) is 10.1 Å². The van der Waals surface area contributed by atoms with Gasteiger partial charge in [0.2, 0.25) is 0 Å². The lowest BCUT2D eigenvalue weighted by atomic mass is 10.1. The van der Waals surface area contributed by atoms with Gasteiger partial charge in [0.05, 0.1) is 7.11 Å². The minimum Gasteiger partial charge on any atom is -0.468 e. The van der Waals surface area contributed by atoms with E-state index >= 15 is 0 Å². The lowest BCUT2D eigenvalue weighted by Gasteiger charge is -2.09. The molecule has 0 unspecified atom stereocenters. The topological polar surface area (TPSA) is 90.6 Å². The van der Waals surface area contributed by atoms with Crippen LogP contribution in [0.1, 0.15) is 24.8 Å². The van der Waals surface area contributed by atoms with E-state index in [4.69, 9.17) is 10.5 Å². The third-order valence-corrected chi connectivity index (χ3v) is 2.93. The highest BCUT2D eigenvalue weighted by Crippen LogP contribution is 2.02. The van der Waals surface area contributed by atoms with Crippen LogP contribution in [-0.4, -0.2) is 31.8 Å². The first-order chi connectivity index (χ1) is 10.1. The van der Waals surface area contributed by atoms with Gasteiger partial charge >= 0.3 is 12.1 Å². The van der Waals surface area contributed by atoms with Crippen LogP contribution in [0.25, 0.3) is 0 Å². The van der Waals surface area contributed by atoms with E-state index in [0.29, 0.717) is 13.0 Å². The number of carbonyl (C=O) groups is 2. The van der Waals surface area contributed by atoms with Crippen LogP contribution in [0.15, 0.2) is 30.3 Å². The largest absolute Gasteiger partial charge is 0.468 e. The van der Waals surface area contributed by atoms with Gasteiger partial charge in [0.25, 0.3) is 0 Å². The summed E-state index contributed by atoms with van der Waals surface area (Å²) in [5.41, 5.74) is 6.54. The Morgan fingerprint density at radius 2 is 1.91 bits per heavy atom. The molecule has 0 fully saturated rings. The zero-order valence-electron chi connectivity index (χ0n) is 12.6. The molecule has 1 aromatic rings. The molecule has 0 aromatic heterocycles. The summed E-state index contributed by atoms with van der Waals surface area (Å²) < 4.78 is 9.59. The summed E-state index contributed by atoms with van der Waals surface area (Å²) in [7, 11) is 1.31. The SMILES string of the molecule is COC(=O)[C@H](N)CCCCNC(=O)OCc1ccccc1.Cl. The Morgan fingerprint density at radius 3 is 2.55 bits per heavy atom. The third-order valence-electron chi connectivity index (χ3n) is 2.93. The molecule has 0 spiro atoms. The first kappa shape index (κ1) is 20.2. The number of nitrogens with two attached hydrogens (primary N) is 1. The molecule has 0 aliphatic heterocycles. The molecule has 1 aromatic carbocycles. The number of amides is 1. The van der Waals surface area contributed by atoms with Crippen LogP contribution in [0.3, 0.4) is 0 Å². The molecule has 0 saturated heterocycles. The second-order valence-electron chi connectivity index (χ2n) is 4.61. The Balaban J connectivity index is 0.00000441. The van der Waals surface area contributed by atoms with E-state index < -0.39 is 18.1 Å². The smallest absolute Gasteiger partial charge is 0.407 e. The fourth-order valence-electron chi connectivity index (χ4n) is 1.72. The van der Waals surface area contributed by atoms with Crippen LogP contribution in [-0.2, 0) is 20.9 Å². The molecule has 0 saturated carbocycles. The Morgan fingerprint density at radius 1 is 1.23 bits per heavy atom. The number of ether oxygens (including phenoxy) is 2. The van der Waals surface area contributed by atoms with Crippen molar-refractivity contribution in [2.45, 2.75) is 31.9 Å². The van der Waals surface area contributed by atoms with E-state index in [9.17, 15) is 9.59 Å². The Kier molecular flexibility index (Phi) is 10.9. The molecule has 22 heavy (non-hydrogen) atoms. The zero-order valence-corrected chi connectivity index (χ0v) is 13.4. The first-order valence-electron chi connectivity index (χ1n) is 6.91. The van der Waals surface area contributed by atoms with Crippen molar-refractivity contribution >= 4 is 24.5 Å². The molecule has 7 heteroatoms. The summed E-state index contributed by atoms with van der Waals surface area (Å²) >= 11 is 0. The van der Waals surface area contributed by atoms with Gasteiger partial charge in [-0.1, -0.05) is 30.3 Å². The van der Waals surface area contributed by atoms with E-state index in [1.54, 1.807) is 0 Å². The number of esters is 1. The fourth-order valence-corrected chi connectivity index (χ4v) is 1.72. The summed E-state index contributed by atoms with van der Waals surface area (Å²) in [5, 5.41) is 2.65. The van der Waals surface area contributed by atoms with Crippen LogP contribution in [0, 0.1) is 0 Å². The molecule has 0 aliphatic carbocycles. The highest BCUT2D eigenvalue weighted by Gasteiger charge is 2.12. The Bertz CT molecular complexity index is 442. The average Bonchev–Trinajstić information content (AvgIpc) is 2.52. The summed E-state index contributed by atoms with van der Waals surface area (Å²) in [6.45, 7) is 0.738.